The summed E-state index contributed by atoms with van der Waals surface area (Å²) in [5.41, 5.74) is 10.7. The molecule has 10 nitrogen and oxygen atoms in total. The van der Waals surface area contributed by atoms with Gasteiger partial charge < -0.3 is 19.0 Å². The first-order chi connectivity index (χ1) is 28.9. The molecule has 6 aromatic heterocycles. The van der Waals surface area contributed by atoms with Crippen LogP contribution >= 0.6 is 0 Å². The smallest absolute Gasteiger partial charge is 0.339 e. The third-order valence-corrected chi connectivity index (χ3v) is 11.2. The maximum atomic E-state index is 12.3. The number of carbonyl (C=O) groups is 2. The van der Waals surface area contributed by atoms with Gasteiger partial charge in [0.25, 0.3) is 0 Å². The van der Waals surface area contributed by atoms with E-state index in [1.165, 1.54) is 31.1 Å². The predicted octanol–water partition coefficient (Wildman–Crippen LogP) is 9.38. The van der Waals surface area contributed by atoms with Gasteiger partial charge >= 0.3 is 11.9 Å². The summed E-state index contributed by atoms with van der Waals surface area (Å²) in [5.74, 6) is -0.226. The molecule has 2 fully saturated rings. The minimum atomic E-state index is -0.918. The second kappa shape index (κ2) is 16.5. The minimum Gasteiger partial charge on any atom is -0.478 e. The van der Waals surface area contributed by atoms with Crippen molar-refractivity contribution in [3.8, 4) is 0 Å². The number of carboxylic acid groups (broad SMARTS) is 1. The molecule has 0 spiro atoms. The highest BCUT2D eigenvalue weighted by atomic mass is 16.5. The number of rotatable bonds is 12. The lowest BCUT2D eigenvalue weighted by molar-refractivity contribution is 0.0598. The fraction of sp³-hybridized carbons (Fsp3) is 0.224. The van der Waals surface area contributed by atoms with Crippen molar-refractivity contribution < 1.29 is 19.4 Å². The number of hydrogen-bond acceptors (Lipinski definition) is 7. The Hall–Kier alpha value is -6.94. The third-order valence-electron chi connectivity index (χ3n) is 11.2. The molecule has 1 N–H and O–H groups in total. The summed E-state index contributed by atoms with van der Waals surface area (Å²) in [7, 11) is 1.42. The van der Waals surface area contributed by atoms with Crippen LogP contribution in [0.3, 0.4) is 0 Å². The Bertz CT molecular complexity index is 2790. The number of nitrogens with zero attached hydrogens (tertiary/aromatic N) is 6. The maximum Gasteiger partial charge on any atom is 0.339 e. The van der Waals surface area contributed by atoms with E-state index < -0.39 is 5.97 Å². The van der Waals surface area contributed by atoms with E-state index in [1.807, 2.05) is 73.4 Å². The lowest BCUT2D eigenvalue weighted by atomic mass is 10.0. The van der Waals surface area contributed by atoms with Gasteiger partial charge in [-0.3, -0.25) is 9.97 Å². The number of methoxy groups -OCH3 is 1. The van der Waals surface area contributed by atoms with Gasteiger partial charge in [-0.2, -0.15) is 0 Å². The quantitative estimate of drug-likeness (QED) is 0.122. The number of benzene rings is 2. The van der Waals surface area contributed by atoms with E-state index in [0.717, 1.165) is 75.9 Å². The van der Waals surface area contributed by atoms with Crippen LogP contribution in [-0.4, -0.2) is 53.2 Å². The molecule has 0 saturated heterocycles. The molecule has 2 aliphatic rings. The van der Waals surface area contributed by atoms with Crippen molar-refractivity contribution in [3.63, 3.8) is 0 Å². The second-order valence-electron chi connectivity index (χ2n) is 15.6. The zero-order valence-corrected chi connectivity index (χ0v) is 32.9. The summed E-state index contributed by atoms with van der Waals surface area (Å²) >= 11 is 0. The molecular weight excluding hydrogens is 737 g/mol. The number of pyridine rings is 4. The van der Waals surface area contributed by atoms with Crippen LogP contribution in [0.5, 0.6) is 0 Å². The van der Waals surface area contributed by atoms with Gasteiger partial charge in [0, 0.05) is 73.9 Å². The Morgan fingerprint density at radius 1 is 0.593 bits per heavy atom. The average molecular weight is 781 g/mol. The highest BCUT2D eigenvalue weighted by Crippen LogP contribution is 2.41. The zero-order chi connectivity index (χ0) is 40.3. The number of hydrogen-bond donors (Lipinski definition) is 1. The van der Waals surface area contributed by atoms with E-state index in [9.17, 15) is 14.7 Å². The molecule has 6 heterocycles. The fourth-order valence-corrected chi connectivity index (χ4v) is 7.69. The van der Waals surface area contributed by atoms with Gasteiger partial charge in [0.15, 0.2) is 0 Å². The summed E-state index contributed by atoms with van der Waals surface area (Å²) < 4.78 is 9.28. The number of fused-ring (bicyclic) bond motifs is 2. The fourth-order valence-electron chi connectivity index (χ4n) is 7.69. The number of ether oxygens (including phenoxy) is 1. The Kier molecular flexibility index (Phi) is 10.5. The van der Waals surface area contributed by atoms with Gasteiger partial charge in [0.1, 0.15) is 11.3 Å². The van der Waals surface area contributed by atoms with Crippen LogP contribution in [0, 0.1) is 0 Å². The third kappa shape index (κ3) is 8.67. The highest BCUT2D eigenvalue weighted by molar-refractivity contribution is 5.91. The van der Waals surface area contributed by atoms with Crippen molar-refractivity contribution in [1.82, 2.24) is 29.1 Å². The van der Waals surface area contributed by atoms with Crippen LogP contribution in [0.4, 0.5) is 0 Å². The van der Waals surface area contributed by atoms with Crippen molar-refractivity contribution >= 4 is 34.0 Å². The van der Waals surface area contributed by atoms with Crippen molar-refractivity contribution in [2.75, 3.05) is 7.11 Å². The summed E-state index contributed by atoms with van der Waals surface area (Å²) in [6.45, 7) is 1.55. The van der Waals surface area contributed by atoms with E-state index in [1.54, 1.807) is 6.07 Å². The van der Waals surface area contributed by atoms with Gasteiger partial charge in [0.2, 0.25) is 0 Å². The molecule has 8 aromatic rings. The maximum absolute atomic E-state index is 12.3. The van der Waals surface area contributed by atoms with Crippen LogP contribution in [-0.2, 0) is 30.7 Å². The number of esters is 1. The highest BCUT2D eigenvalue weighted by Gasteiger charge is 2.27. The number of carboxylic acids is 1. The first-order valence-corrected chi connectivity index (χ1v) is 20.1. The van der Waals surface area contributed by atoms with Crippen LogP contribution in [0.15, 0.2) is 134 Å². The van der Waals surface area contributed by atoms with E-state index >= 15 is 0 Å². The standard InChI is InChI=1S/C25H23N3O2.C24H21N3O2/c1-30-25(29)22-13-21(19-7-8-19)15-26-23(22)12-18-11-20-9-10-28(24(20)27-14-18)16-17-5-3-2-4-6-17;28-24(29)21-12-20(18-6-7-18)14-25-22(21)11-17-10-19-8-9-27(23(19)26-13-17)15-16-4-2-1-3-5-16/h2-6,9-11,13-15,19H,7-8,12,16H2,1H3;1-5,8-10,12-14,18H,6-7,11,15H2,(H,28,29). The summed E-state index contributed by atoms with van der Waals surface area (Å²) in [6, 6.07) is 32.7. The van der Waals surface area contributed by atoms with Crippen LogP contribution < -0.4 is 0 Å². The number of aromatic nitrogens is 6. The Morgan fingerprint density at radius 3 is 1.49 bits per heavy atom. The molecular formula is C49H44N6O4. The molecule has 2 aliphatic carbocycles. The topological polar surface area (TPSA) is 125 Å². The molecule has 0 unspecified atom stereocenters. The Labute approximate surface area is 342 Å². The SMILES string of the molecule is COC(=O)c1cc(C2CC2)cnc1Cc1cnc2c(ccn2Cc2ccccc2)c1.O=C(O)c1cc(C2CC2)cnc1Cc1cnc2c(ccn2Cc2ccccc2)c1. The lowest BCUT2D eigenvalue weighted by Crippen LogP contribution is -2.09. The minimum absolute atomic E-state index is 0.302. The summed E-state index contributed by atoms with van der Waals surface area (Å²) in [6.07, 6.45) is 17.1. The monoisotopic (exact) mass is 780 g/mol. The van der Waals surface area contributed by atoms with E-state index in [-0.39, 0.29) is 5.97 Å². The second-order valence-corrected chi connectivity index (χ2v) is 15.6. The van der Waals surface area contributed by atoms with Crippen molar-refractivity contribution in [3.05, 3.63) is 190 Å². The Morgan fingerprint density at radius 2 is 1.05 bits per heavy atom. The van der Waals surface area contributed by atoms with Crippen LogP contribution in [0.2, 0.25) is 0 Å². The molecule has 10 rings (SSSR count). The molecule has 294 valence electrons. The summed E-state index contributed by atoms with van der Waals surface area (Å²) in [5, 5.41) is 11.8. The lowest BCUT2D eigenvalue weighted by Gasteiger charge is -2.10. The van der Waals surface area contributed by atoms with Gasteiger partial charge in [-0.05, 0) is 107 Å². The van der Waals surface area contributed by atoms with E-state index in [4.69, 9.17) is 9.72 Å². The zero-order valence-electron chi connectivity index (χ0n) is 32.9. The van der Waals surface area contributed by atoms with Gasteiger partial charge in [-0.15, -0.1) is 0 Å². The molecule has 0 amide bonds. The molecule has 2 aromatic carbocycles. The van der Waals surface area contributed by atoms with Crippen molar-refractivity contribution in [1.29, 1.82) is 0 Å². The average Bonchev–Trinajstić information content (AvgIpc) is 4.21. The molecule has 59 heavy (non-hydrogen) atoms. The molecule has 0 radical (unpaired) electrons. The van der Waals surface area contributed by atoms with Gasteiger partial charge in [-0.1, -0.05) is 60.7 Å². The van der Waals surface area contributed by atoms with Crippen molar-refractivity contribution in [2.45, 2.75) is 63.5 Å². The van der Waals surface area contributed by atoms with Crippen LogP contribution in [0.25, 0.3) is 22.1 Å². The molecule has 0 atom stereocenters. The first-order valence-electron chi connectivity index (χ1n) is 20.1. The van der Waals surface area contributed by atoms with E-state index in [0.29, 0.717) is 41.5 Å². The molecule has 0 aliphatic heterocycles. The number of aromatic carboxylic acids is 1. The molecule has 10 heteroatoms. The Balaban J connectivity index is 0.000000152. The number of carbonyl (C=O) groups excluding carboxylic acids is 1. The normalized spacial score (nSPS) is 13.6. The van der Waals surface area contributed by atoms with Crippen molar-refractivity contribution in [2.24, 2.45) is 0 Å². The van der Waals surface area contributed by atoms with Crippen LogP contribution in [0.1, 0.15) is 103 Å². The summed E-state index contributed by atoms with van der Waals surface area (Å²) in [4.78, 5) is 42.5. The van der Waals surface area contributed by atoms with Gasteiger partial charge in [0.05, 0.1) is 29.6 Å². The first kappa shape index (κ1) is 37.6. The van der Waals surface area contributed by atoms with Gasteiger partial charge in [-0.25, -0.2) is 19.6 Å². The largest absolute Gasteiger partial charge is 0.478 e. The molecule has 2 saturated carbocycles. The molecule has 0 bridgehead atoms. The predicted molar refractivity (Wildman–Crippen MR) is 227 cm³/mol. The van der Waals surface area contributed by atoms with E-state index in [2.05, 4.69) is 78.8 Å².